The number of hydrogen-bond acceptors (Lipinski definition) is 5. The molecule has 0 spiro atoms. The van der Waals surface area contributed by atoms with E-state index in [0.29, 0.717) is 22.4 Å². The largest absolute Gasteiger partial charge is 0.497 e. The Morgan fingerprint density at radius 2 is 1.93 bits per heavy atom. The Labute approximate surface area is 165 Å². The first-order valence-corrected chi connectivity index (χ1v) is 9.39. The van der Waals surface area contributed by atoms with E-state index in [2.05, 4.69) is 4.99 Å². The van der Waals surface area contributed by atoms with Crippen molar-refractivity contribution in [3.8, 4) is 5.75 Å². The Kier molecular flexibility index (Phi) is 6.03. The van der Waals surface area contributed by atoms with Gasteiger partial charge in [-0.05, 0) is 42.0 Å². The standard InChI is InChI=1S/C19H17ClN2O4S/c1-26-15-8-2-12(3-9-15)11-22-17(23)10-16(18(24)25)27-19(22)21-14-6-4-13(20)5-7-14/h2-9,16H,10-11H2,1H3,(H,24,25). The lowest BCUT2D eigenvalue weighted by molar-refractivity contribution is -0.139. The first-order valence-electron chi connectivity index (χ1n) is 8.13. The maximum absolute atomic E-state index is 12.6. The number of carboxylic acids is 1. The third-order valence-electron chi connectivity index (χ3n) is 3.97. The number of carbonyl (C=O) groups is 2. The van der Waals surface area contributed by atoms with Crippen LogP contribution in [-0.2, 0) is 16.1 Å². The minimum atomic E-state index is -1.03. The number of carboxylic acid groups (broad SMARTS) is 1. The van der Waals surface area contributed by atoms with Crippen LogP contribution in [-0.4, -0.2) is 39.4 Å². The number of amides is 1. The lowest BCUT2D eigenvalue weighted by Crippen LogP contribution is -2.43. The van der Waals surface area contributed by atoms with E-state index in [4.69, 9.17) is 16.3 Å². The van der Waals surface area contributed by atoms with Crippen molar-refractivity contribution in [2.24, 2.45) is 4.99 Å². The average molecular weight is 405 g/mol. The van der Waals surface area contributed by atoms with Gasteiger partial charge in [-0.25, -0.2) is 4.99 Å². The summed E-state index contributed by atoms with van der Waals surface area (Å²) < 4.78 is 5.15. The maximum Gasteiger partial charge on any atom is 0.317 e. The number of aliphatic imine (C=N–C) groups is 1. The summed E-state index contributed by atoms with van der Waals surface area (Å²) in [5, 5.41) is 9.41. The van der Waals surface area contributed by atoms with Crippen molar-refractivity contribution in [3.63, 3.8) is 0 Å². The van der Waals surface area contributed by atoms with Crippen molar-refractivity contribution in [1.29, 1.82) is 0 Å². The van der Waals surface area contributed by atoms with Gasteiger partial charge < -0.3 is 9.84 Å². The van der Waals surface area contributed by atoms with Gasteiger partial charge in [0.25, 0.3) is 0 Å². The van der Waals surface area contributed by atoms with Gasteiger partial charge in [0.2, 0.25) is 5.91 Å². The lowest BCUT2D eigenvalue weighted by Gasteiger charge is -2.30. The highest BCUT2D eigenvalue weighted by Crippen LogP contribution is 2.30. The van der Waals surface area contributed by atoms with Crippen LogP contribution in [0.1, 0.15) is 12.0 Å². The molecule has 1 N–H and O–H groups in total. The number of methoxy groups -OCH3 is 1. The molecule has 1 saturated heterocycles. The molecule has 0 saturated carbocycles. The van der Waals surface area contributed by atoms with Crippen LogP contribution < -0.4 is 4.74 Å². The maximum atomic E-state index is 12.6. The summed E-state index contributed by atoms with van der Waals surface area (Å²) in [6.07, 6.45) is -0.0736. The highest BCUT2D eigenvalue weighted by atomic mass is 35.5. The Balaban J connectivity index is 1.90. The smallest absolute Gasteiger partial charge is 0.317 e. The molecule has 6 nitrogen and oxygen atoms in total. The van der Waals surface area contributed by atoms with Crippen LogP contribution in [0, 0.1) is 0 Å². The number of hydrogen-bond donors (Lipinski definition) is 1. The second-order valence-corrected chi connectivity index (χ2v) is 7.45. The SMILES string of the molecule is COc1ccc(CN2C(=O)CC(C(=O)O)SC2=Nc2ccc(Cl)cc2)cc1. The summed E-state index contributed by atoms with van der Waals surface area (Å²) in [5.41, 5.74) is 1.49. The van der Waals surface area contributed by atoms with Gasteiger partial charge in [0.1, 0.15) is 11.0 Å². The molecule has 1 atom stereocenters. The zero-order chi connectivity index (χ0) is 19.4. The molecular formula is C19H17ClN2O4S. The molecule has 0 aromatic heterocycles. The fourth-order valence-corrected chi connectivity index (χ4v) is 3.69. The molecule has 1 aliphatic heterocycles. The molecule has 2 aromatic rings. The Bertz CT molecular complexity index is 868. The van der Waals surface area contributed by atoms with E-state index in [1.54, 1.807) is 31.4 Å². The van der Waals surface area contributed by atoms with E-state index in [-0.39, 0.29) is 12.3 Å². The van der Waals surface area contributed by atoms with Crippen LogP contribution in [0.15, 0.2) is 53.5 Å². The van der Waals surface area contributed by atoms with Gasteiger partial charge in [-0.3, -0.25) is 14.5 Å². The van der Waals surface area contributed by atoms with Gasteiger partial charge in [0, 0.05) is 5.02 Å². The van der Waals surface area contributed by atoms with E-state index < -0.39 is 11.2 Å². The van der Waals surface area contributed by atoms with Crippen LogP contribution in [0.2, 0.25) is 5.02 Å². The van der Waals surface area contributed by atoms with Gasteiger partial charge in [-0.15, -0.1) is 0 Å². The molecule has 1 unspecified atom stereocenters. The summed E-state index contributed by atoms with van der Waals surface area (Å²) >= 11 is 6.97. The van der Waals surface area contributed by atoms with E-state index in [1.807, 2.05) is 24.3 Å². The minimum absolute atomic E-state index is 0.0736. The summed E-state index contributed by atoms with van der Waals surface area (Å²) in [5.74, 6) is -0.579. The number of halogens is 1. The topological polar surface area (TPSA) is 79.2 Å². The van der Waals surface area contributed by atoms with E-state index in [1.165, 1.54) is 4.90 Å². The predicted molar refractivity (Wildman–Crippen MR) is 106 cm³/mol. The van der Waals surface area contributed by atoms with Crippen molar-refractivity contribution in [2.75, 3.05) is 7.11 Å². The van der Waals surface area contributed by atoms with Crippen molar-refractivity contribution in [3.05, 3.63) is 59.1 Å². The third kappa shape index (κ3) is 4.81. The van der Waals surface area contributed by atoms with Crippen LogP contribution in [0.4, 0.5) is 5.69 Å². The van der Waals surface area contributed by atoms with Gasteiger partial charge >= 0.3 is 5.97 Å². The highest BCUT2D eigenvalue weighted by molar-refractivity contribution is 8.15. The predicted octanol–water partition coefficient (Wildman–Crippen LogP) is 3.96. The number of aliphatic carboxylic acids is 1. The van der Waals surface area contributed by atoms with E-state index in [0.717, 1.165) is 23.1 Å². The molecule has 140 valence electrons. The van der Waals surface area contributed by atoms with Crippen LogP contribution in [0.25, 0.3) is 0 Å². The minimum Gasteiger partial charge on any atom is -0.497 e. The second-order valence-electron chi connectivity index (χ2n) is 5.85. The summed E-state index contributed by atoms with van der Waals surface area (Å²) in [4.78, 5) is 30.0. The van der Waals surface area contributed by atoms with E-state index >= 15 is 0 Å². The van der Waals surface area contributed by atoms with Crippen molar-refractivity contribution >= 4 is 46.1 Å². The first-order chi connectivity index (χ1) is 13.0. The molecule has 1 heterocycles. The second kappa shape index (κ2) is 8.45. The molecule has 8 heteroatoms. The van der Waals surface area contributed by atoms with Crippen molar-refractivity contribution in [2.45, 2.75) is 18.2 Å². The van der Waals surface area contributed by atoms with Crippen LogP contribution in [0.3, 0.4) is 0 Å². The van der Waals surface area contributed by atoms with Crippen LogP contribution >= 0.6 is 23.4 Å². The summed E-state index contributed by atoms with van der Waals surface area (Å²) in [6, 6.07) is 14.2. The number of ether oxygens (including phenoxy) is 1. The molecule has 27 heavy (non-hydrogen) atoms. The summed E-state index contributed by atoms with van der Waals surface area (Å²) in [6.45, 7) is 0.300. The monoisotopic (exact) mass is 404 g/mol. The third-order valence-corrected chi connectivity index (χ3v) is 5.39. The molecule has 0 aliphatic carbocycles. The first kappa shape index (κ1) is 19.3. The Morgan fingerprint density at radius 1 is 1.26 bits per heavy atom. The van der Waals surface area contributed by atoms with Gasteiger partial charge in [-0.1, -0.05) is 35.5 Å². The van der Waals surface area contributed by atoms with Crippen molar-refractivity contribution in [1.82, 2.24) is 4.90 Å². The van der Waals surface area contributed by atoms with Crippen LogP contribution in [0.5, 0.6) is 5.75 Å². The normalized spacial score (nSPS) is 18.6. The molecule has 1 amide bonds. The Morgan fingerprint density at radius 3 is 2.52 bits per heavy atom. The van der Waals surface area contributed by atoms with Gasteiger partial charge in [0.15, 0.2) is 5.17 Å². The van der Waals surface area contributed by atoms with Gasteiger partial charge in [-0.2, -0.15) is 0 Å². The zero-order valence-corrected chi connectivity index (χ0v) is 16.0. The molecule has 1 aliphatic rings. The van der Waals surface area contributed by atoms with Crippen molar-refractivity contribution < 1.29 is 19.4 Å². The number of thioether (sulfide) groups is 1. The van der Waals surface area contributed by atoms with Gasteiger partial charge in [0.05, 0.1) is 25.8 Å². The Hall–Kier alpha value is -2.51. The summed E-state index contributed by atoms with van der Waals surface area (Å²) in [7, 11) is 1.59. The number of benzene rings is 2. The molecular weight excluding hydrogens is 388 g/mol. The number of rotatable bonds is 5. The zero-order valence-electron chi connectivity index (χ0n) is 14.5. The molecule has 0 bridgehead atoms. The molecule has 2 aromatic carbocycles. The molecule has 3 rings (SSSR count). The number of carbonyl (C=O) groups excluding carboxylic acids is 1. The molecule has 1 fully saturated rings. The van der Waals surface area contributed by atoms with E-state index in [9.17, 15) is 14.7 Å². The lowest BCUT2D eigenvalue weighted by atomic mass is 10.2. The fourth-order valence-electron chi connectivity index (χ4n) is 2.53. The fraction of sp³-hybridized carbons (Fsp3) is 0.211. The average Bonchev–Trinajstić information content (AvgIpc) is 2.66. The number of amidine groups is 1. The highest BCUT2D eigenvalue weighted by Gasteiger charge is 2.35. The quantitative estimate of drug-likeness (QED) is 0.816. The number of nitrogens with zero attached hydrogens (tertiary/aromatic N) is 2. The molecule has 0 radical (unpaired) electrons.